The van der Waals surface area contributed by atoms with Crippen molar-refractivity contribution in [3.63, 3.8) is 0 Å². The SMILES string of the molecule is CC1CCCN(S(=O)(=O)CC2CC2)C1CN.Cl. The molecule has 2 atom stereocenters. The first-order valence-corrected chi connectivity index (χ1v) is 7.85. The fourth-order valence-corrected chi connectivity index (χ4v) is 4.82. The van der Waals surface area contributed by atoms with Crippen LogP contribution in [0.3, 0.4) is 0 Å². The molecule has 0 amide bonds. The van der Waals surface area contributed by atoms with Crippen LogP contribution in [0.15, 0.2) is 0 Å². The Labute approximate surface area is 110 Å². The molecule has 6 heteroatoms. The molecule has 1 aliphatic heterocycles. The van der Waals surface area contributed by atoms with Crippen LogP contribution >= 0.6 is 12.4 Å². The zero-order chi connectivity index (χ0) is 11.8. The lowest BCUT2D eigenvalue weighted by Crippen LogP contribution is -2.52. The molecule has 17 heavy (non-hydrogen) atoms. The third-order valence-corrected chi connectivity index (χ3v) is 5.87. The van der Waals surface area contributed by atoms with Crippen molar-refractivity contribution in [3.05, 3.63) is 0 Å². The minimum Gasteiger partial charge on any atom is -0.329 e. The Morgan fingerprint density at radius 2 is 1.94 bits per heavy atom. The van der Waals surface area contributed by atoms with E-state index in [1.54, 1.807) is 4.31 Å². The van der Waals surface area contributed by atoms with Gasteiger partial charge in [0.15, 0.2) is 0 Å². The summed E-state index contributed by atoms with van der Waals surface area (Å²) >= 11 is 0. The molecule has 0 aromatic heterocycles. The number of nitrogens with two attached hydrogens (primary N) is 1. The number of sulfonamides is 1. The number of hydrogen-bond acceptors (Lipinski definition) is 3. The van der Waals surface area contributed by atoms with Gasteiger partial charge in [0.25, 0.3) is 0 Å². The highest BCUT2D eigenvalue weighted by Gasteiger charge is 2.38. The lowest BCUT2D eigenvalue weighted by molar-refractivity contribution is 0.192. The highest BCUT2D eigenvalue weighted by Crippen LogP contribution is 2.33. The van der Waals surface area contributed by atoms with E-state index in [1.165, 1.54) is 0 Å². The molecule has 2 fully saturated rings. The third-order valence-electron chi connectivity index (χ3n) is 3.81. The summed E-state index contributed by atoms with van der Waals surface area (Å²) in [6, 6.07) is 0.0255. The Morgan fingerprint density at radius 1 is 1.29 bits per heavy atom. The van der Waals surface area contributed by atoms with Crippen LogP contribution in [0.2, 0.25) is 0 Å². The van der Waals surface area contributed by atoms with E-state index in [0.717, 1.165) is 25.7 Å². The van der Waals surface area contributed by atoms with Crippen molar-refractivity contribution in [1.29, 1.82) is 0 Å². The first-order valence-electron chi connectivity index (χ1n) is 6.24. The first kappa shape index (κ1) is 15.2. The van der Waals surface area contributed by atoms with Crippen molar-refractivity contribution in [2.75, 3.05) is 18.8 Å². The van der Waals surface area contributed by atoms with Gasteiger partial charge in [-0.3, -0.25) is 0 Å². The number of halogens is 1. The van der Waals surface area contributed by atoms with Gasteiger partial charge in [0.2, 0.25) is 10.0 Å². The third kappa shape index (κ3) is 3.56. The average molecular weight is 283 g/mol. The second-order valence-corrected chi connectivity index (χ2v) is 7.22. The number of piperidine rings is 1. The lowest BCUT2D eigenvalue weighted by Gasteiger charge is -2.38. The van der Waals surface area contributed by atoms with Gasteiger partial charge in [0.05, 0.1) is 5.75 Å². The van der Waals surface area contributed by atoms with Crippen molar-refractivity contribution in [2.24, 2.45) is 17.6 Å². The van der Waals surface area contributed by atoms with Crippen LogP contribution in [0, 0.1) is 11.8 Å². The van der Waals surface area contributed by atoms with Gasteiger partial charge in [-0.1, -0.05) is 6.92 Å². The maximum absolute atomic E-state index is 12.2. The Balaban J connectivity index is 0.00000144. The average Bonchev–Trinajstić information content (AvgIpc) is 3.00. The van der Waals surface area contributed by atoms with Gasteiger partial charge in [-0.15, -0.1) is 12.4 Å². The number of rotatable bonds is 4. The molecular weight excluding hydrogens is 260 g/mol. The molecular formula is C11H23ClN2O2S. The van der Waals surface area contributed by atoms with Gasteiger partial charge in [0.1, 0.15) is 0 Å². The van der Waals surface area contributed by atoms with Crippen molar-refractivity contribution >= 4 is 22.4 Å². The smallest absolute Gasteiger partial charge is 0.214 e. The summed E-state index contributed by atoms with van der Waals surface area (Å²) in [6.07, 6.45) is 4.23. The van der Waals surface area contributed by atoms with Crippen molar-refractivity contribution in [1.82, 2.24) is 4.31 Å². The first-order chi connectivity index (χ1) is 7.54. The molecule has 2 aliphatic rings. The van der Waals surface area contributed by atoms with Gasteiger partial charge in [-0.2, -0.15) is 4.31 Å². The zero-order valence-electron chi connectivity index (χ0n) is 10.3. The molecule has 1 aliphatic carbocycles. The van der Waals surface area contributed by atoms with Crippen molar-refractivity contribution in [3.8, 4) is 0 Å². The standard InChI is InChI=1S/C11H22N2O2S.ClH/c1-9-3-2-6-13(11(9)7-12)16(14,15)8-10-4-5-10;/h9-11H,2-8,12H2,1H3;1H. The van der Waals surface area contributed by atoms with Gasteiger partial charge in [-0.25, -0.2) is 8.42 Å². The van der Waals surface area contributed by atoms with E-state index in [-0.39, 0.29) is 18.4 Å². The predicted molar refractivity (Wildman–Crippen MR) is 71.7 cm³/mol. The molecule has 102 valence electrons. The summed E-state index contributed by atoms with van der Waals surface area (Å²) in [5.74, 6) is 1.16. The highest BCUT2D eigenvalue weighted by atomic mass is 35.5. The molecule has 0 aromatic rings. The molecule has 0 aromatic carbocycles. The zero-order valence-corrected chi connectivity index (χ0v) is 12.0. The summed E-state index contributed by atoms with van der Waals surface area (Å²) in [6.45, 7) is 3.22. The van der Waals surface area contributed by atoms with Crippen LogP contribution in [0.4, 0.5) is 0 Å². The topological polar surface area (TPSA) is 63.4 Å². The molecule has 0 spiro atoms. The molecule has 1 saturated heterocycles. The fraction of sp³-hybridized carbons (Fsp3) is 1.00. The molecule has 2 rings (SSSR count). The molecule has 2 unspecified atom stereocenters. The summed E-state index contributed by atoms with van der Waals surface area (Å²) in [4.78, 5) is 0. The van der Waals surface area contributed by atoms with Crippen LogP contribution in [-0.4, -0.2) is 37.6 Å². The molecule has 0 radical (unpaired) electrons. The van der Waals surface area contributed by atoms with Crippen LogP contribution < -0.4 is 5.73 Å². The maximum atomic E-state index is 12.2. The number of hydrogen-bond donors (Lipinski definition) is 1. The minimum atomic E-state index is -3.06. The second-order valence-electron chi connectivity index (χ2n) is 5.26. The lowest BCUT2D eigenvalue weighted by atomic mass is 9.93. The Hall–Kier alpha value is 0.160. The summed E-state index contributed by atoms with van der Waals surface area (Å²) in [5, 5.41) is 0. The number of nitrogens with zero attached hydrogens (tertiary/aromatic N) is 1. The van der Waals surface area contributed by atoms with Gasteiger partial charge in [-0.05, 0) is 37.5 Å². The van der Waals surface area contributed by atoms with E-state index in [1.807, 2.05) is 0 Å². The molecule has 0 bridgehead atoms. The highest BCUT2D eigenvalue weighted by molar-refractivity contribution is 7.89. The van der Waals surface area contributed by atoms with Crippen LogP contribution in [0.1, 0.15) is 32.6 Å². The van der Waals surface area contributed by atoms with E-state index in [9.17, 15) is 8.42 Å². The van der Waals surface area contributed by atoms with Gasteiger partial charge >= 0.3 is 0 Å². The predicted octanol–water partition coefficient (Wildman–Crippen LogP) is 1.21. The normalized spacial score (nSPS) is 30.9. The molecule has 1 heterocycles. The maximum Gasteiger partial charge on any atom is 0.214 e. The van der Waals surface area contributed by atoms with Crippen molar-refractivity contribution < 1.29 is 8.42 Å². The van der Waals surface area contributed by atoms with E-state index in [0.29, 0.717) is 30.7 Å². The fourth-order valence-electron chi connectivity index (χ4n) is 2.58. The molecule has 1 saturated carbocycles. The van der Waals surface area contributed by atoms with Crippen LogP contribution in [0.5, 0.6) is 0 Å². The van der Waals surface area contributed by atoms with E-state index in [2.05, 4.69) is 6.92 Å². The minimum absolute atomic E-state index is 0. The molecule has 4 nitrogen and oxygen atoms in total. The van der Waals surface area contributed by atoms with Gasteiger partial charge in [0, 0.05) is 19.1 Å². The Bertz CT molecular complexity index is 343. The van der Waals surface area contributed by atoms with Gasteiger partial charge < -0.3 is 5.73 Å². The van der Waals surface area contributed by atoms with Crippen LogP contribution in [-0.2, 0) is 10.0 Å². The van der Waals surface area contributed by atoms with E-state index < -0.39 is 10.0 Å². The summed E-state index contributed by atoms with van der Waals surface area (Å²) in [5.41, 5.74) is 5.72. The van der Waals surface area contributed by atoms with Crippen molar-refractivity contribution in [2.45, 2.75) is 38.6 Å². The quantitative estimate of drug-likeness (QED) is 0.843. The largest absolute Gasteiger partial charge is 0.329 e. The van der Waals surface area contributed by atoms with E-state index >= 15 is 0 Å². The second kappa shape index (κ2) is 5.87. The monoisotopic (exact) mass is 282 g/mol. The van der Waals surface area contributed by atoms with E-state index in [4.69, 9.17) is 5.73 Å². The Kier molecular flexibility index (Phi) is 5.25. The molecule has 2 N–H and O–H groups in total. The Morgan fingerprint density at radius 3 is 2.47 bits per heavy atom. The summed E-state index contributed by atoms with van der Waals surface area (Å²) < 4.78 is 26.1. The summed E-state index contributed by atoms with van der Waals surface area (Å²) in [7, 11) is -3.06. The van der Waals surface area contributed by atoms with Crippen LogP contribution in [0.25, 0.3) is 0 Å².